The summed E-state index contributed by atoms with van der Waals surface area (Å²) in [6.45, 7) is 1.12. The molecule has 188 valence electrons. The molecule has 1 aliphatic heterocycles. The van der Waals surface area contributed by atoms with Gasteiger partial charge in [-0.25, -0.2) is 18.9 Å². The number of halogens is 4. The fourth-order valence-corrected chi connectivity index (χ4v) is 3.91. The van der Waals surface area contributed by atoms with Gasteiger partial charge in [0.1, 0.15) is 23.6 Å². The predicted molar refractivity (Wildman–Crippen MR) is 118 cm³/mol. The molecule has 0 radical (unpaired) electrons. The third-order valence-electron chi connectivity index (χ3n) is 5.56. The summed E-state index contributed by atoms with van der Waals surface area (Å²) in [6.07, 6.45) is -4.12. The van der Waals surface area contributed by atoms with E-state index in [0.29, 0.717) is 0 Å². The molecule has 3 aromatic heterocycles. The van der Waals surface area contributed by atoms with Crippen LogP contribution in [0, 0.1) is 11.8 Å². The Balaban J connectivity index is 1.70. The number of nitrogen functional groups attached to an aromatic ring is 1. The molecular weight excluding hydrogens is 486 g/mol. The lowest BCUT2D eigenvalue weighted by Gasteiger charge is -2.16. The summed E-state index contributed by atoms with van der Waals surface area (Å²) < 4.78 is 61.6. The molecule has 4 rings (SSSR count). The van der Waals surface area contributed by atoms with Crippen LogP contribution in [0.4, 0.5) is 23.4 Å². The van der Waals surface area contributed by atoms with Gasteiger partial charge < -0.3 is 20.7 Å². The summed E-state index contributed by atoms with van der Waals surface area (Å²) in [5.74, 6) is 2.87. The number of rotatable bonds is 4. The standard InChI is InChI=1S/C22H19F4N7O3/c1-3-4-17(34)32-8-14(23)15(9-32)31-20(35)12-5-11(7-28-21(12)36-2)16-6-13(22(24,25)26)18-19(27)29-10-30-33(16)18/h5-7,10,14-15H,8-9H2,1-2H3,(H,31,35)(H2,27,29,30)/t14-,15+/m0/s1. The molecule has 36 heavy (non-hydrogen) atoms. The normalized spacial score (nSPS) is 17.6. The van der Waals surface area contributed by atoms with Gasteiger partial charge in [0.15, 0.2) is 5.82 Å². The first kappa shape index (κ1) is 24.7. The Morgan fingerprint density at radius 3 is 2.67 bits per heavy atom. The number of hydrogen-bond acceptors (Lipinski definition) is 7. The molecule has 0 aromatic carbocycles. The molecule has 0 aliphatic carbocycles. The number of hydrogen-bond donors (Lipinski definition) is 2. The minimum atomic E-state index is -4.76. The molecule has 0 unspecified atom stereocenters. The zero-order valence-electron chi connectivity index (χ0n) is 18.9. The van der Waals surface area contributed by atoms with E-state index in [-0.39, 0.29) is 41.6 Å². The molecule has 10 nitrogen and oxygen atoms in total. The van der Waals surface area contributed by atoms with Gasteiger partial charge >= 0.3 is 6.18 Å². The monoisotopic (exact) mass is 505 g/mol. The van der Waals surface area contributed by atoms with Crippen molar-refractivity contribution in [3.05, 3.63) is 35.8 Å². The molecule has 3 N–H and O–H groups in total. The van der Waals surface area contributed by atoms with Crippen molar-refractivity contribution in [2.75, 3.05) is 25.9 Å². The van der Waals surface area contributed by atoms with Crippen LogP contribution in [-0.2, 0) is 11.0 Å². The van der Waals surface area contributed by atoms with Gasteiger partial charge in [0, 0.05) is 18.3 Å². The van der Waals surface area contributed by atoms with Crippen LogP contribution in [0.1, 0.15) is 22.8 Å². The number of nitrogens with zero attached hydrogens (tertiary/aromatic N) is 5. The quantitative estimate of drug-likeness (QED) is 0.408. The third-order valence-corrected chi connectivity index (χ3v) is 5.56. The number of aromatic nitrogens is 4. The van der Waals surface area contributed by atoms with Gasteiger partial charge in [0.05, 0.1) is 31.0 Å². The molecule has 0 spiro atoms. The van der Waals surface area contributed by atoms with Gasteiger partial charge in [-0.3, -0.25) is 9.59 Å². The van der Waals surface area contributed by atoms with Gasteiger partial charge in [-0.1, -0.05) is 5.92 Å². The van der Waals surface area contributed by atoms with Crippen molar-refractivity contribution in [1.29, 1.82) is 0 Å². The number of likely N-dealkylation sites (tertiary alicyclic amines) is 1. The highest BCUT2D eigenvalue weighted by atomic mass is 19.4. The molecule has 4 heterocycles. The number of nitrogens with one attached hydrogen (secondary N) is 1. The van der Waals surface area contributed by atoms with E-state index in [1.807, 2.05) is 0 Å². The highest BCUT2D eigenvalue weighted by molar-refractivity contribution is 5.98. The summed E-state index contributed by atoms with van der Waals surface area (Å²) >= 11 is 0. The van der Waals surface area contributed by atoms with Gasteiger partial charge in [0.2, 0.25) is 5.88 Å². The van der Waals surface area contributed by atoms with E-state index < -0.39 is 41.3 Å². The SMILES string of the molecule is CC#CC(=O)N1C[C@H](F)[C@H](NC(=O)c2cc(-c3cc(C(F)(F)F)c4c(N)ncnn34)cnc2OC)C1. The van der Waals surface area contributed by atoms with Crippen LogP contribution >= 0.6 is 0 Å². The average Bonchev–Trinajstić information content (AvgIpc) is 3.40. The number of fused-ring (bicyclic) bond motifs is 1. The smallest absolute Gasteiger partial charge is 0.418 e. The van der Waals surface area contributed by atoms with Crippen molar-refractivity contribution >= 4 is 23.1 Å². The molecule has 2 atom stereocenters. The summed E-state index contributed by atoms with van der Waals surface area (Å²) in [4.78, 5) is 33.8. The average molecular weight is 505 g/mol. The van der Waals surface area contributed by atoms with Crippen LogP contribution in [-0.4, -0.2) is 68.7 Å². The molecule has 2 amide bonds. The number of ether oxygens (including phenoxy) is 1. The summed E-state index contributed by atoms with van der Waals surface area (Å²) in [7, 11) is 1.25. The van der Waals surface area contributed by atoms with Crippen LogP contribution in [0.3, 0.4) is 0 Å². The number of amides is 2. The lowest BCUT2D eigenvalue weighted by atomic mass is 10.1. The number of carbonyl (C=O) groups excluding carboxylic acids is 2. The number of pyridine rings is 1. The first-order chi connectivity index (χ1) is 17.0. The zero-order chi connectivity index (χ0) is 26.2. The highest BCUT2D eigenvalue weighted by Gasteiger charge is 2.38. The maximum absolute atomic E-state index is 14.5. The highest BCUT2D eigenvalue weighted by Crippen LogP contribution is 2.39. The Morgan fingerprint density at radius 1 is 1.25 bits per heavy atom. The number of methoxy groups -OCH3 is 1. The van der Waals surface area contributed by atoms with Crippen molar-refractivity contribution in [1.82, 2.24) is 29.8 Å². The molecule has 3 aromatic rings. The lowest BCUT2D eigenvalue weighted by Crippen LogP contribution is -2.41. The van der Waals surface area contributed by atoms with E-state index in [1.54, 1.807) is 0 Å². The summed E-state index contributed by atoms with van der Waals surface area (Å²) in [6, 6.07) is 1.03. The minimum Gasteiger partial charge on any atom is -0.480 e. The fourth-order valence-electron chi connectivity index (χ4n) is 3.91. The lowest BCUT2D eigenvalue weighted by molar-refractivity contribution is -0.136. The maximum Gasteiger partial charge on any atom is 0.418 e. The van der Waals surface area contributed by atoms with Gasteiger partial charge in [0.25, 0.3) is 11.8 Å². The molecular formula is C22H19F4N7O3. The summed E-state index contributed by atoms with van der Waals surface area (Å²) in [5.41, 5.74) is 4.03. The topological polar surface area (TPSA) is 128 Å². The Bertz CT molecular complexity index is 1410. The number of carbonyl (C=O) groups is 2. The second-order valence-electron chi connectivity index (χ2n) is 7.81. The largest absolute Gasteiger partial charge is 0.480 e. The Kier molecular flexibility index (Phi) is 6.40. The fraction of sp³-hybridized carbons (Fsp3) is 0.318. The van der Waals surface area contributed by atoms with Crippen molar-refractivity contribution in [2.45, 2.75) is 25.3 Å². The van der Waals surface area contributed by atoms with E-state index in [0.717, 1.165) is 16.9 Å². The van der Waals surface area contributed by atoms with Gasteiger partial charge in [-0.05, 0) is 25.0 Å². The molecule has 1 fully saturated rings. The van der Waals surface area contributed by atoms with E-state index in [2.05, 4.69) is 32.2 Å². The number of nitrogens with two attached hydrogens (primary N) is 1. The molecule has 0 saturated carbocycles. The van der Waals surface area contributed by atoms with Crippen molar-refractivity contribution < 1.29 is 31.9 Å². The number of alkyl halides is 4. The first-order valence-corrected chi connectivity index (χ1v) is 10.5. The second kappa shape index (κ2) is 9.33. The Hall–Kier alpha value is -4.41. The van der Waals surface area contributed by atoms with E-state index >= 15 is 0 Å². The minimum absolute atomic E-state index is 0.0604. The van der Waals surface area contributed by atoms with Crippen molar-refractivity contribution in [3.8, 4) is 29.0 Å². The van der Waals surface area contributed by atoms with Crippen LogP contribution in [0.15, 0.2) is 24.7 Å². The van der Waals surface area contributed by atoms with Crippen molar-refractivity contribution in [2.24, 2.45) is 0 Å². The third kappa shape index (κ3) is 4.47. The molecule has 0 bridgehead atoms. The van der Waals surface area contributed by atoms with Crippen LogP contribution < -0.4 is 15.8 Å². The maximum atomic E-state index is 14.5. The van der Waals surface area contributed by atoms with Crippen molar-refractivity contribution in [3.63, 3.8) is 0 Å². The summed E-state index contributed by atoms with van der Waals surface area (Å²) in [5, 5.41) is 6.36. The van der Waals surface area contributed by atoms with Gasteiger partial charge in [-0.2, -0.15) is 18.3 Å². The zero-order valence-corrected chi connectivity index (χ0v) is 18.9. The number of anilines is 1. The Labute approximate surface area is 201 Å². The van der Waals surface area contributed by atoms with E-state index in [9.17, 15) is 27.2 Å². The molecule has 1 aliphatic rings. The van der Waals surface area contributed by atoms with Crippen LogP contribution in [0.25, 0.3) is 16.8 Å². The van der Waals surface area contributed by atoms with E-state index in [1.165, 1.54) is 31.2 Å². The first-order valence-electron chi connectivity index (χ1n) is 10.5. The second-order valence-corrected chi connectivity index (χ2v) is 7.81. The molecule has 1 saturated heterocycles. The molecule has 14 heteroatoms. The van der Waals surface area contributed by atoms with E-state index in [4.69, 9.17) is 10.5 Å². The predicted octanol–water partition coefficient (Wildman–Crippen LogP) is 1.70. The van der Waals surface area contributed by atoms with Crippen LogP contribution in [0.2, 0.25) is 0 Å². The Morgan fingerprint density at radius 2 is 2.00 bits per heavy atom. The van der Waals surface area contributed by atoms with Crippen LogP contribution in [0.5, 0.6) is 5.88 Å². The van der Waals surface area contributed by atoms with Gasteiger partial charge in [-0.15, -0.1) is 0 Å².